The van der Waals surface area contributed by atoms with Crippen LogP contribution in [-0.4, -0.2) is 35.8 Å². The lowest BCUT2D eigenvalue weighted by molar-refractivity contribution is -0.119. The van der Waals surface area contributed by atoms with E-state index in [0.717, 1.165) is 28.2 Å². The summed E-state index contributed by atoms with van der Waals surface area (Å²) in [5.74, 6) is 1.85. The maximum absolute atomic E-state index is 12.8. The average Bonchev–Trinajstić information content (AvgIpc) is 3.38. The van der Waals surface area contributed by atoms with Crippen molar-refractivity contribution in [1.29, 1.82) is 0 Å². The first-order chi connectivity index (χ1) is 18.1. The maximum atomic E-state index is 12.8. The van der Waals surface area contributed by atoms with Crippen molar-refractivity contribution in [3.05, 3.63) is 95.6 Å². The van der Waals surface area contributed by atoms with Crippen LogP contribution in [0.4, 0.5) is 5.82 Å². The normalized spacial score (nSPS) is 12.7. The Kier molecular flexibility index (Phi) is 6.89. The fraction of sp³-hybridized carbons (Fsp3) is 0.207. The van der Waals surface area contributed by atoms with Gasteiger partial charge in [-0.1, -0.05) is 54.6 Å². The number of carbonyl (C=O) groups is 2. The molecule has 8 heteroatoms. The lowest BCUT2D eigenvalue weighted by Crippen LogP contribution is -2.36. The van der Waals surface area contributed by atoms with E-state index in [4.69, 9.17) is 14.6 Å². The van der Waals surface area contributed by atoms with Gasteiger partial charge in [-0.05, 0) is 23.8 Å². The number of aryl methyl sites for hydroxylation is 1. The molecule has 0 unspecified atom stereocenters. The minimum Gasteiger partial charge on any atom is -0.493 e. The average molecular weight is 497 g/mol. The van der Waals surface area contributed by atoms with Crippen LogP contribution >= 0.6 is 0 Å². The van der Waals surface area contributed by atoms with E-state index >= 15 is 0 Å². The number of anilines is 1. The SMILES string of the molecule is COc1cccc(CNC(=O)c2ccc(CN3C(=O)CCn4nc(-c5ccccc5)cc43)cc2)c1OC. The summed E-state index contributed by atoms with van der Waals surface area (Å²) in [5, 5.41) is 7.64. The Morgan fingerprint density at radius 3 is 2.49 bits per heavy atom. The predicted octanol–water partition coefficient (Wildman–Crippen LogP) is 4.43. The van der Waals surface area contributed by atoms with Gasteiger partial charge in [0.2, 0.25) is 5.91 Å². The fourth-order valence-electron chi connectivity index (χ4n) is 4.49. The van der Waals surface area contributed by atoms with Crippen LogP contribution in [-0.2, 0) is 24.4 Å². The number of para-hydroxylation sites is 1. The molecule has 0 bridgehead atoms. The third-order valence-corrected chi connectivity index (χ3v) is 6.42. The van der Waals surface area contributed by atoms with E-state index in [1.807, 2.05) is 71.4 Å². The van der Waals surface area contributed by atoms with E-state index < -0.39 is 0 Å². The smallest absolute Gasteiger partial charge is 0.251 e. The highest BCUT2D eigenvalue weighted by atomic mass is 16.5. The monoisotopic (exact) mass is 496 g/mol. The second kappa shape index (κ2) is 10.6. The third-order valence-electron chi connectivity index (χ3n) is 6.42. The number of methoxy groups -OCH3 is 2. The Bertz CT molecular complexity index is 1410. The lowest BCUT2D eigenvalue weighted by atomic mass is 10.1. The predicted molar refractivity (Wildman–Crippen MR) is 141 cm³/mol. The Hall–Kier alpha value is -4.59. The first-order valence-corrected chi connectivity index (χ1v) is 12.1. The molecule has 5 rings (SSSR count). The van der Waals surface area contributed by atoms with Crippen LogP contribution in [0.2, 0.25) is 0 Å². The van der Waals surface area contributed by atoms with E-state index in [-0.39, 0.29) is 11.8 Å². The molecule has 1 aliphatic heterocycles. The molecule has 37 heavy (non-hydrogen) atoms. The highest BCUT2D eigenvalue weighted by Gasteiger charge is 2.26. The summed E-state index contributed by atoms with van der Waals surface area (Å²) >= 11 is 0. The number of hydrogen-bond acceptors (Lipinski definition) is 5. The van der Waals surface area contributed by atoms with Gasteiger partial charge >= 0.3 is 0 Å². The molecule has 4 aromatic rings. The van der Waals surface area contributed by atoms with Crippen LogP contribution in [0.3, 0.4) is 0 Å². The number of rotatable bonds is 8. The molecule has 0 spiro atoms. The number of carbonyl (C=O) groups excluding carboxylic acids is 2. The number of benzene rings is 3. The summed E-state index contributed by atoms with van der Waals surface area (Å²) < 4.78 is 12.7. The van der Waals surface area contributed by atoms with Crippen LogP contribution in [0.25, 0.3) is 11.3 Å². The van der Waals surface area contributed by atoms with Crippen molar-refractivity contribution in [1.82, 2.24) is 15.1 Å². The quantitative estimate of drug-likeness (QED) is 0.390. The van der Waals surface area contributed by atoms with Gasteiger partial charge in [0.1, 0.15) is 5.82 Å². The summed E-state index contributed by atoms with van der Waals surface area (Å²) in [6.07, 6.45) is 0.400. The van der Waals surface area contributed by atoms with E-state index in [0.29, 0.717) is 43.1 Å². The topological polar surface area (TPSA) is 85.7 Å². The highest BCUT2D eigenvalue weighted by molar-refractivity contribution is 5.95. The molecular formula is C29H28N4O4. The van der Waals surface area contributed by atoms with Crippen LogP contribution in [0.1, 0.15) is 27.9 Å². The zero-order valence-electron chi connectivity index (χ0n) is 20.8. The Labute approximate surface area is 215 Å². The number of ether oxygens (including phenoxy) is 2. The molecule has 8 nitrogen and oxygen atoms in total. The minimum absolute atomic E-state index is 0.0565. The molecule has 0 fully saturated rings. The molecule has 0 radical (unpaired) electrons. The molecule has 0 saturated heterocycles. The molecule has 188 valence electrons. The van der Waals surface area contributed by atoms with E-state index in [1.54, 1.807) is 31.3 Å². The van der Waals surface area contributed by atoms with Gasteiger partial charge < -0.3 is 14.8 Å². The van der Waals surface area contributed by atoms with Crippen molar-refractivity contribution in [3.8, 4) is 22.8 Å². The van der Waals surface area contributed by atoms with E-state index in [1.165, 1.54) is 0 Å². The molecule has 1 N–H and O–H groups in total. The summed E-state index contributed by atoms with van der Waals surface area (Å²) in [6, 6.07) is 24.7. The third kappa shape index (κ3) is 5.04. The van der Waals surface area contributed by atoms with Crippen molar-refractivity contribution in [3.63, 3.8) is 0 Å². The van der Waals surface area contributed by atoms with Gasteiger partial charge in [-0.15, -0.1) is 0 Å². The van der Waals surface area contributed by atoms with E-state index in [2.05, 4.69) is 5.32 Å². The van der Waals surface area contributed by atoms with Crippen molar-refractivity contribution < 1.29 is 19.1 Å². The van der Waals surface area contributed by atoms with Crippen LogP contribution in [0.5, 0.6) is 11.5 Å². The van der Waals surface area contributed by atoms with Gasteiger partial charge in [-0.25, -0.2) is 4.68 Å². The molecule has 2 heterocycles. The summed E-state index contributed by atoms with van der Waals surface area (Å²) in [6.45, 7) is 1.27. The molecule has 3 aromatic carbocycles. The minimum atomic E-state index is -0.198. The molecular weight excluding hydrogens is 468 g/mol. The van der Waals surface area contributed by atoms with Gasteiger partial charge in [0.05, 0.1) is 33.0 Å². The lowest BCUT2D eigenvalue weighted by Gasteiger charge is -2.27. The summed E-state index contributed by atoms with van der Waals surface area (Å²) in [4.78, 5) is 27.3. The van der Waals surface area contributed by atoms with Gasteiger partial charge in [0, 0.05) is 35.7 Å². The van der Waals surface area contributed by atoms with Crippen molar-refractivity contribution in [2.75, 3.05) is 19.1 Å². The van der Waals surface area contributed by atoms with Gasteiger partial charge in [-0.3, -0.25) is 14.5 Å². The molecule has 2 amide bonds. The Balaban J connectivity index is 1.27. The number of aromatic nitrogens is 2. The van der Waals surface area contributed by atoms with E-state index in [9.17, 15) is 9.59 Å². The number of fused-ring (bicyclic) bond motifs is 1. The zero-order valence-corrected chi connectivity index (χ0v) is 20.8. The Morgan fingerprint density at radius 2 is 1.76 bits per heavy atom. The fourth-order valence-corrected chi connectivity index (χ4v) is 4.49. The summed E-state index contributed by atoms with van der Waals surface area (Å²) in [5.41, 5.74) is 4.14. The molecule has 0 atom stereocenters. The number of hydrogen-bond donors (Lipinski definition) is 1. The second-order valence-electron chi connectivity index (χ2n) is 8.74. The second-order valence-corrected chi connectivity index (χ2v) is 8.74. The maximum Gasteiger partial charge on any atom is 0.251 e. The van der Waals surface area contributed by atoms with Gasteiger partial charge in [0.15, 0.2) is 11.5 Å². The number of nitrogens with one attached hydrogen (secondary N) is 1. The zero-order chi connectivity index (χ0) is 25.8. The first kappa shape index (κ1) is 24.1. The van der Waals surface area contributed by atoms with Crippen molar-refractivity contribution >= 4 is 17.6 Å². The van der Waals surface area contributed by atoms with Crippen molar-refractivity contribution in [2.45, 2.75) is 26.1 Å². The number of nitrogens with zero attached hydrogens (tertiary/aromatic N) is 3. The summed E-state index contributed by atoms with van der Waals surface area (Å²) in [7, 11) is 3.15. The molecule has 0 aliphatic carbocycles. The van der Waals surface area contributed by atoms with Crippen molar-refractivity contribution in [2.24, 2.45) is 0 Å². The molecule has 1 aromatic heterocycles. The van der Waals surface area contributed by atoms with Crippen LogP contribution in [0.15, 0.2) is 78.9 Å². The number of amides is 2. The van der Waals surface area contributed by atoms with Gasteiger partial charge in [0.25, 0.3) is 5.91 Å². The molecule has 1 aliphatic rings. The Morgan fingerprint density at radius 1 is 0.973 bits per heavy atom. The first-order valence-electron chi connectivity index (χ1n) is 12.1. The van der Waals surface area contributed by atoms with Crippen LogP contribution in [0, 0.1) is 0 Å². The standard InChI is InChI=1S/C29H28N4O4/c1-36-25-10-6-9-23(28(25)37-2)18-30-29(35)22-13-11-20(12-14-22)19-32-26-17-24(21-7-4-3-5-8-21)31-33(26)16-15-27(32)34/h3-14,17H,15-16,18-19H2,1-2H3,(H,30,35). The largest absolute Gasteiger partial charge is 0.493 e. The highest BCUT2D eigenvalue weighted by Crippen LogP contribution is 2.31. The van der Waals surface area contributed by atoms with Crippen LogP contribution < -0.4 is 19.7 Å². The van der Waals surface area contributed by atoms with Gasteiger partial charge in [-0.2, -0.15) is 5.10 Å². The molecule has 0 saturated carbocycles.